The first-order valence-corrected chi connectivity index (χ1v) is 4.87. The van der Waals surface area contributed by atoms with Gasteiger partial charge in [-0.25, -0.2) is 14.8 Å². The molecule has 1 N–H and O–H groups in total. The Labute approximate surface area is 97.4 Å². The average molecular weight is 230 g/mol. The Kier molecular flexibility index (Phi) is 2.74. The Morgan fingerprint density at radius 3 is 2.94 bits per heavy atom. The smallest absolute Gasteiger partial charge is 0.360 e. The molecule has 0 radical (unpaired) electrons. The fourth-order valence-corrected chi connectivity index (χ4v) is 1.46. The number of ether oxygens (including phenoxy) is 1. The van der Waals surface area contributed by atoms with Gasteiger partial charge in [0.1, 0.15) is 0 Å². The van der Waals surface area contributed by atoms with Crippen LogP contribution in [0.2, 0.25) is 0 Å². The summed E-state index contributed by atoms with van der Waals surface area (Å²) < 4.78 is 4.51. The zero-order chi connectivity index (χ0) is 12.4. The minimum absolute atomic E-state index is 0.117. The average Bonchev–Trinajstić information content (AvgIpc) is 2.38. The molecule has 17 heavy (non-hydrogen) atoms. The van der Waals surface area contributed by atoms with E-state index in [1.165, 1.54) is 13.3 Å². The summed E-state index contributed by atoms with van der Waals surface area (Å²) in [4.78, 5) is 19.3. The summed E-state index contributed by atoms with van der Waals surface area (Å²) in [5.41, 5.74) is 1.05. The zero-order valence-electron chi connectivity index (χ0n) is 9.17. The van der Waals surface area contributed by atoms with Crippen LogP contribution in [0, 0.1) is 0 Å². The molecule has 0 aliphatic heterocycles. The van der Waals surface area contributed by atoms with Crippen molar-refractivity contribution in [2.45, 2.75) is 0 Å². The normalized spacial score (nSPS) is 10.2. The molecule has 2 aromatic rings. The van der Waals surface area contributed by atoms with E-state index < -0.39 is 5.97 Å². The number of rotatable bonds is 2. The fourth-order valence-electron chi connectivity index (χ4n) is 1.46. The number of hydrogen-bond donors (Lipinski definition) is 1. The van der Waals surface area contributed by atoms with Gasteiger partial charge in [-0.2, -0.15) is 0 Å². The lowest BCUT2D eigenvalue weighted by molar-refractivity contribution is 0.0591. The summed E-state index contributed by atoms with van der Waals surface area (Å²) in [7, 11) is 1.23. The van der Waals surface area contributed by atoms with Gasteiger partial charge >= 0.3 is 5.97 Å². The highest BCUT2D eigenvalue weighted by Gasteiger charge is 2.16. The minimum Gasteiger partial charge on any atom is -0.505 e. The van der Waals surface area contributed by atoms with Crippen LogP contribution in [0.1, 0.15) is 16.2 Å². The standard InChI is InChI=1S/C12H10N2O3/c1-3-7-4-5-8-9(14-7)6-13-10(11(8)15)12(16)17-2/h3-6,15H,1H2,2H3. The van der Waals surface area contributed by atoms with E-state index in [-0.39, 0.29) is 11.4 Å². The van der Waals surface area contributed by atoms with Gasteiger partial charge in [-0.15, -0.1) is 0 Å². The molecule has 0 atom stereocenters. The molecule has 0 spiro atoms. The van der Waals surface area contributed by atoms with Crippen molar-refractivity contribution in [3.05, 3.63) is 36.3 Å². The van der Waals surface area contributed by atoms with Crippen molar-refractivity contribution >= 4 is 22.9 Å². The first-order valence-electron chi connectivity index (χ1n) is 4.87. The number of nitrogens with zero attached hydrogens (tertiary/aromatic N) is 2. The molecule has 0 aromatic carbocycles. The van der Waals surface area contributed by atoms with E-state index in [1.807, 2.05) is 0 Å². The molecule has 2 rings (SSSR count). The lowest BCUT2D eigenvalue weighted by Crippen LogP contribution is -2.04. The molecule has 0 amide bonds. The maximum atomic E-state index is 11.3. The number of hydrogen-bond acceptors (Lipinski definition) is 5. The molecule has 0 aliphatic rings. The van der Waals surface area contributed by atoms with Gasteiger partial charge in [0, 0.05) is 5.39 Å². The van der Waals surface area contributed by atoms with Gasteiger partial charge in [0.05, 0.1) is 24.5 Å². The van der Waals surface area contributed by atoms with Crippen LogP contribution in [0.3, 0.4) is 0 Å². The molecular formula is C12H10N2O3. The molecule has 2 heterocycles. The fraction of sp³-hybridized carbons (Fsp3) is 0.0833. The SMILES string of the molecule is C=Cc1ccc2c(O)c(C(=O)OC)ncc2n1. The second-order valence-electron chi connectivity index (χ2n) is 3.32. The zero-order valence-corrected chi connectivity index (χ0v) is 9.17. The Balaban J connectivity index is 2.68. The van der Waals surface area contributed by atoms with Crippen molar-refractivity contribution in [2.24, 2.45) is 0 Å². The lowest BCUT2D eigenvalue weighted by atomic mass is 10.2. The van der Waals surface area contributed by atoms with Crippen molar-refractivity contribution in [3.63, 3.8) is 0 Å². The molecule has 0 saturated heterocycles. The Morgan fingerprint density at radius 2 is 2.29 bits per heavy atom. The lowest BCUT2D eigenvalue weighted by Gasteiger charge is -2.05. The second kappa shape index (κ2) is 4.21. The van der Waals surface area contributed by atoms with Gasteiger partial charge in [-0.3, -0.25) is 0 Å². The molecule has 5 nitrogen and oxygen atoms in total. The Hall–Kier alpha value is -2.43. The van der Waals surface area contributed by atoms with Crippen LogP contribution in [-0.4, -0.2) is 28.2 Å². The molecule has 0 fully saturated rings. The van der Waals surface area contributed by atoms with Crippen LogP contribution in [0.25, 0.3) is 17.0 Å². The van der Waals surface area contributed by atoms with Crippen LogP contribution in [0.15, 0.2) is 24.9 Å². The quantitative estimate of drug-likeness (QED) is 0.796. The predicted molar refractivity (Wildman–Crippen MR) is 62.6 cm³/mol. The second-order valence-corrected chi connectivity index (χ2v) is 3.32. The van der Waals surface area contributed by atoms with Gasteiger partial charge in [-0.1, -0.05) is 6.58 Å². The molecule has 5 heteroatoms. The Bertz CT molecular complexity index is 608. The van der Waals surface area contributed by atoms with Crippen LogP contribution in [0.4, 0.5) is 0 Å². The molecule has 0 unspecified atom stereocenters. The van der Waals surface area contributed by atoms with Crippen molar-refractivity contribution in [3.8, 4) is 5.75 Å². The van der Waals surface area contributed by atoms with Crippen LogP contribution in [0.5, 0.6) is 5.75 Å². The highest BCUT2D eigenvalue weighted by molar-refractivity contribution is 5.97. The summed E-state index contributed by atoms with van der Waals surface area (Å²) in [6.45, 7) is 3.60. The highest BCUT2D eigenvalue weighted by Crippen LogP contribution is 2.26. The van der Waals surface area contributed by atoms with Crippen molar-refractivity contribution in [1.82, 2.24) is 9.97 Å². The molecular weight excluding hydrogens is 220 g/mol. The van der Waals surface area contributed by atoms with Gasteiger partial charge in [0.15, 0.2) is 11.4 Å². The third-order valence-corrected chi connectivity index (χ3v) is 2.33. The topological polar surface area (TPSA) is 72.3 Å². The van der Waals surface area contributed by atoms with Crippen LogP contribution >= 0.6 is 0 Å². The molecule has 0 bridgehead atoms. The number of carbonyl (C=O) groups excluding carboxylic acids is 1. The largest absolute Gasteiger partial charge is 0.505 e. The summed E-state index contributed by atoms with van der Waals surface area (Å²) in [5, 5.41) is 10.3. The number of methoxy groups -OCH3 is 1. The Morgan fingerprint density at radius 1 is 1.53 bits per heavy atom. The summed E-state index contributed by atoms with van der Waals surface area (Å²) in [6.07, 6.45) is 3.00. The van der Waals surface area contributed by atoms with Crippen LogP contribution < -0.4 is 0 Å². The maximum absolute atomic E-state index is 11.3. The number of pyridine rings is 2. The third kappa shape index (κ3) is 1.82. The van der Waals surface area contributed by atoms with Crippen LogP contribution in [-0.2, 0) is 4.74 Å². The number of carbonyl (C=O) groups is 1. The molecule has 86 valence electrons. The first kappa shape index (κ1) is 11.1. The van der Waals surface area contributed by atoms with Gasteiger partial charge in [0.25, 0.3) is 0 Å². The summed E-state index contributed by atoms with van der Waals surface area (Å²) >= 11 is 0. The van der Waals surface area contributed by atoms with E-state index >= 15 is 0 Å². The van der Waals surface area contributed by atoms with E-state index in [2.05, 4.69) is 21.3 Å². The van der Waals surface area contributed by atoms with E-state index in [9.17, 15) is 9.90 Å². The van der Waals surface area contributed by atoms with Crippen molar-refractivity contribution in [1.29, 1.82) is 0 Å². The van der Waals surface area contributed by atoms with Crippen molar-refractivity contribution in [2.75, 3.05) is 7.11 Å². The molecule has 0 saturated carbocycles. The first-order chi connectivity index (χ1) is 8.17. The van der Waals surface area contributed by atoms with E-state index in [0.717, 1.165) is 0 Å². The summed E-state index contributed by atoms with van der Waals surface area (Å²) in [6, 6.07) is 3.35. The molecule has 2 aromatic heterocycles. The predicted octanol–water partition coefficient (Wildman–Crippen LogP) is 1.77. The van der Waals surface area contributed by atoms with E-state index in [4.69, 9.17) is 0 Å². The monoisotopic (exact) mass is 230 g/mol. The maximum Gasteiger partial charge on any atom is 0.360 e. The van der Waals surface area contributed by atoms with Gasteiger partial charge < -0.3 is 9.84 Å². The van der Waals surface area contributed by atoms with Gasteiger partial charge in [-0.05, 0) is 18.2 Å². The number of aromatic hydroxyl groups is 1. The van der Waals surface area contributed by atoms with Crippen molar-refractivity contribution < 1.29 is 14.6 Å². The van der Waals surface area contributed by atoms with E-state index in [0.29, 0.717) is 16.6 Å². The molecule has 0 aliphatic carbocycles. The minimum atomic E-state index is -0.683. The third-order valence-electron chi connectivity index (χ3n) is 2.33. The van der Waals surface area contributed by atoms with E-state index in [1.54, 1.807) is 18.2 Å². The number of fused-ring (bicyclic) bond motifs is 1. The summed E-state index contributed by atoms with van der Waals surface area (Å²) in [5.74, 6) is -0.908. The number of esters is 1. The highest BCUT2D eigenvalue weighted by atomic mass is 16.5. The van der Waals surface area contributed by atoms with Gasteiger partial charge in [0.2, 0.25) is 0 Å². The number of aromatic nitrogens is 2.